The number of likely N-dealkylation sites (tertiary alicyclic amines) is 1. The second-order valence-electron chi connectivity index (χ2n) is 21.0. The normalized spacial score (nSPS) is 17.5. The number of nitrogens with zero attached hydrogens (tertiary/aromatic N) is 4. The molecular weight excluding hydrogens is 989 g/mol. The molecule has 77 heavy (non-hydrogen) atoms. The van der Waals surface area contributed by atoms with Crippen LogP contribution in [-0.4, -0.2) is 165 Å². The molecule has 0 aromatic heterocycles. The molecule has 1 unspecified atom stereocenters. The van der Waals surface area contributed by atoms with Gasteiger partial charge in [0.25, 0.3) is 11.8 Å². The highest BCUT2D eigenvalue weighted by Gasteiger charge is 2.44. The van der Waals surface area contributed by atoms with Crippen molar-refractivity contribution < 1.29 is 62.0 Å². The molecule has 2 aliphatic heterocycles. The first-order valence-corrected chi connectivity index (χ1v) is 27.1. The van der Waals surface area contributed by atoms with E-state index in [0.717, 1.165) is 5.56 Å². The van der Waals surface area contributed by atoms with Gasteiger partial charge >= 0.3 is 5.97 Å². The van der Waals surface area contributed by atoms with Gasteiger partial charge in [-0.1, -0.05) is 91.6 Å². The molecular formula is C58H86N6O13. The van der Waals surface area contributed by atoms with Crippen LogP contribution in [0.5, 0.6) is 11.5 Å². The van der Waals surface area contributed by atoms with Crippen molar-refractivity contribution >= 4 is 47.3 Å². The summed E-state index contributed by atoms with van der Waals surface area (Å²) in [4.78, 5) is 115. The van der Waals surface area contributed by atoms with E-state index in [-0.39, 0.29) is 79.7 Å². The highest BCUT2D eigenvalue weighted by atomic mass is 16.5. The lowest BCUT2D eigenvalue weighted by molar-refractivity contribution is -0.151. The summed E-state index contributed by atoms with van der Waals surface area (Å²) in [5.74, 6) is -3.67. The molecule has 0 spiro atoms. The van der Waals surface area contributed by atoms with E-state index in [1.54, 1.807) is 56.1 Å². The van der Waals surface area contributed by atoms with Gasteiger partial charge in [-0.05, 0) is 61.1 Å². The number of ether oxygens (including phenoxy) is 5. The Kier molecular flexibility index (Phi) is 25.1. The maximum absolute atomic E-state index is 14.7. The molecule has 9 atom stereocenters. The van der Waals surface area contributed by atoms with Crippen LogP contribution in [0.4, 0.5) is 0 Å². The molecule has 0 saturated carbocycles. The molecule has 2 aromatic rings. The zero-order valence-corrected chi connectivity index (χ0v) is 47.7. The summed E-state index contributed by atoms with van der Waals surface area (Å²) in [6, 6.07) is 10.5. The average molecular weight is 1080 g/mol. The predicted octanol–water partition coefficient (Wildman–Crippen LogP) is 5.50. The summed E-state index contributed by atoms with van der Waals surface area (Å²) in [6.07, 6.45) is 4.70. The summed E-state index contributed by atoms with van der Waals surface area (Å²) in [5, 5.41) is 5.92. The van der Waals surface area contributed by atoms with E-state index in [0.29, 0.717) is 62.1 Å². The number of carbonyl (C=O) groups excluding carboxylic acids is 8. The first-order chi connectivity index (χ1) is 36.6. The van der Waals surface area contributed by atoms with Gasteiger partial charge < -0.3 is 49.0 Å². The highest BCUT2D eigenvalue weighted by molar-refractivity contribution is 6.12. The number of likely N-dealkylation sites (N-methyl/N-ethyl adjacent to an activating group) is 2. The number of nitrogens with one attached hydrogen (secondary N) is 2. The average Bonchev–Trinajstić information content (AvgIpc) is 4.04. The second-order valence-corrected chi connectivity index (χ2v) is 21.0. The molecule has 0 aliphatic carbocycles. The van der Waals surface area contributed by atoms with Crippen LogP contribution >= 0.6 is 0 Å². The van der Waals surface area contributed by atoms with Gasteiger partial charge in [0.2, 0.25) is 29.5 Å². The fraction of sp³-hybridized carbons (Fsp3) is 0.621. The van der Waals surface area contributed by atoms with Crippen LogP contribution in [0.25, 0.3) is 0 Å². The summed E-state index contributed by atoms with van der Waals surface area (Å²) < 4.78 is 28.7. The van der Waals surface area contributed by atoms with Crippen LogP contribution < -0.4 is 20.1 Å². The number of methoxy groups -OCH3 is 4. The zero-order valence-electron chi connectivity index (χ0n) is 47.7. The number of imide groups is 1. The van der Waals surface area contributed by atoms with Crippen molar-refractivity contribution in [2.24, 2.45) is 23.7 Å². The number of hydrogen-bond donors (Lipinski definition) is 2. The fourth-order valence-electron chi connectivity index (χ4n) is 10.5. The van der Waals surface area contributed by atoms with Gasteiger partial charge in [-0.15, -0.1) is 0 Å². The first-order valence-electron chi connectivity index (χ1n) is 27.1. The quantitative estimate of drug-likeness (QED) is 0.0542. The minimum atomic E-state index is -1.05. The molecule has 2 N–H and O–H groups in total. The van der Waals surface area contributed by atoms with Crippen LogP contribution in [0.2, 0.25) is 0 Å². The zero-order chi connectivity index (χ0) is 57.1. The Labute approximate surface area is 456 Å². The van der Waals surface area contributed by atoms with Crippen LogP contribution in [0.15, 0.2) is 60.7 Å². The number of amides is 7. The largest absolute Gasteiger partial charge is 0.497 e. The molecule has 426 valence electrons. The van der Waals surface area contributed by atoms with Crippen molar-refractivity contribution in [2.45, 2.75) is 155 Å². The Bertz CT molecular complexity index is 2330. The van der Waals surface area contributed by atoms with Crippen molar-refractivity contribution in [1.29, 1.82) is 0 Å². The fourth-order valence-corrected chi connectivity index (χ4v) is 10.5. The van der Waals surface area contributed by atoms with Crippen LogP contribution in [0.3, 0.4) is 0 Å². The van der Waals surface area contributed by atoms with Gasteiger partial charge in [0.1, 0.15) is 36.2 Å². The smallest absolute Gasteiger partial charge is 0.329 e. The number of carbonyl (C=O) groups is 8. The Morgan fingerprint density at radius 3 is 2.04 bits per heavy atom. The van der Waals surface area contributed by atoms with Crippen molar-refractivity contribution in [1.82, 2.24) is 30.2 Å². The molecule has 4 rings (SSSR count). The summed E-state index contributed by atoms with van der Waals surface area (Å²) in [6.45, 7) is 13.6. The van der Waals surface area contributed by atoms with Gasteiger partial charge in [-0.25, -0.2) is 4.79 Å². The molecule has 1 saturated heterocycles. The number of hydrogen-bond acceptors (Lipinski definition) is 13. The molecule has 2 aliphatic rings. The number of rotatable bonds is 31. The lowest BCUT2D eigenvalue weighted by Crippen LogP contribution is -2.60. The van der Waals surface area contributed by atoms with Crippen LogP contribution in [0.1, 0.15) is 111 Å². The van der Waals surface area contributed by atoms with Gasteiger partial charge in [0, 0.05) is 78.0 Å². The monoisotopic (exact) mass is 1070 g/mol. The molecule has 0 bridgehead atoms. The number of esters is 1. The van der Waals surface area contributed by atoms with E-state index >= 15 is 0 Å². The standard InChI is InChI=1S/C58H86N6O13/c1-14-38(6)53(62(9)57(71)51(36(2)3)60-56(70)52(37(4)5)61(8)47(65)25-19-16-20-30-64-48(66)28-29-49(64)67)46(75-12)34-50(68)63-31-21-24-44(63)54(76-13)39(7)55(69)59-43(32-40-22-17-15-18-23-40)58(72)77-35-41-26-27-42(73-10)33-45(41)74-11/h15,17-18,22-23,26-29,33,36-39,43-44,46,51-54H,14,16,19-21,24-25,30-32,34-35H2,1-13H3,(H,59,69)(H,60,70)/t38-,39+,43-,44?,46+,51-,52-,53-,54+/m0/s1. The topological polar surface area (TPSA) is 220 Å². The maximum Gasteiger partial charge on any atom is 0.329 e. The van der Waals surface area contributed by atoms with E-state index in [9.17, 15) is 38.4 Å². The van der Waals surface area contributed by atoms with Crippen molar-refractivity contribution in [3.63, 3.8) is 0 Å². The van der Waals surface area contributed by atoms with Gasteiger partial charge in [0.15, 0.2) is 0 Å². The molecule has 19 nitrogen and oxygen atoms in total. The van der Waals surface area contributed by atoms with E-state index in [2.05, 4.69) is 10.6 Å². The molecule has 0 radical (unpaired) electrons. The third-order valence-corrected chi connectivity index (χ3v) is 15.1. The third-order valence-electron chi connectivity index (χ3n) is 15.1. The Morgan fingerprint density at radius 2 is 1.45 bits per heavy atom. The Hall–Kier alpha value is -6.34. The summed E-state index contributed by atoms with van der Waals surface area (Å²) in [7, 11) is 9.31. The molecule has 2 heterocycles. The highest BCUT2D eigenvalue weighted by Crippen LogP contribution is 2.31. The lowest BCUT2D eigenvalue weighted by Gasteiger charge is -2.41. The minimum absolute atomic E-state index is 0.0899. The van der Waals surface area contributed by atoms with Gasteiger partial charge in [0.05, 0.1) is 50.8 Å². The van der Waals surface area contributed by atoms with E-state index in [1.165, 1.54) is 43.3 Å². The SMILES string of the molecule is CC[C@H](C)[C@@H]([C@@H](CC(=O)N1CCCC1[C@H](OC)[C@@H](C)C(=O)N[C@@H](Cc1ccccc1)C(=O)OCc1ccc(OC)cc1OC)OC)N(C)C(=O)[C@@H](NC(=O)[C@H](C(C)C)N(C)C(=O)CCCCCN1C(=O)C=CC1=O)C(C)C. The first kappa shape index (κ1) is 63.2. The minimum Gasteiger partial charge on any atom is -0.497 e. The van der Waals surface area contributed by atoms with Crippen molar-refractivity contribution in [3.05, 3.63) is 71.8 Å². The molecule has 2 aromatic carbocycles. The lowest BCUT2D eigenvalue weighted by atomic mass is 9.89. The third kappa shape index (κ3) is 17.1. The van der Waals surface area contributed by atoms with Gasteiger partial charge in [-0.2, -0.15) is 0 Å². The van der Waals surface area contributed by atoms with E-state index in [4.69, 9.17) is 23.7 Å². The van der Waals surface area contributed by atoms with Gasteiger partial charge in [-0.3, -0.25) is 38.5 Å². The van der Waals surface area contributed by atoms with Crippen molar-refractivity contribution in [3.8, 4) is 11.5 Å². The van der Waals surface area contributed by atoms with Crippen LogP contribution in [0, 0.1) is 23.7 Å². The Morgan fingerprint density at radius 1 is 0.779 bits per heavy atom. The Balaban J connectivity index is 1.45. The number of unbranched alkanes of at least 4 members (excludes halogenated alkanes) is 2. The van der Waals surface area contributed by atoms with E-state index in [1.807, 2.05) is 71.9 Å². The molecule has 19 heteroatoms. The maximum atomic E-state index is 14.7. The second kappa shape index (κ2) is 30.6. The number of benzene rings is 2. The molecule has 7 amide bonds. The summed E-state index contributed by atoms with van der Waals surface area (Å²) in [5.41, 5.74) is 1.42. The summed E-state index contributed by atoms with van der Waals surface area (Å²) >= 11 is 0. The van der Waals surface area contributed by atoms with E-state index < -0.39 is 66.1 Å². The van der Waals surface area contributed by atoms with Crippen LogP contribution in [-0.2, 0) is 65.6 Å². The van der Waals surface area contributed by atoms with Crippen molar-refractivity contribution in [2.75, 3.05) is 55.6 Å². The molecule has 1 fully saturated rings. The predicted molar refractivity (Wildman–Crippen MR) is 290 cm³/mol.